The molecule has 1 N–H and O–H groups in total. The standard InChI is InChI=1S/C20H15NO5/c1-24-19(23)17-16(13-9-7-12(11-21)8-10-13)18(26-20(17)25-2)14-5-3-4-6-15(14)22/h3-10,22H,1-2H3. The molecule has 0 aliphatic rings. The highest BCUT2D eigenvalue weighted by Gasteiger charge is 2.30. The Morgan fingerprint density at radius 3 is 2.38 bits per heavy atom. The summed E-state index contributed by atoms with van der Waals surface area (Å²) in [6, 6.07) is 15.3. The Morgan fingerprint density at radius 2 is 1.81 bits per heavy atom. The molecule has 0 bridgehead atoms. The Balaban J connectivity index is 2.34. The molecule has 0 fully saturated rings. The number of nitrogens with zero attached hydrogens (tertiary/aromatic N) is 1. The van der Waals surface area contributed by atoms with E-state index in [-0.39, 0.29) is 23.0 Å². The zero-order chi connectivity index (χ0) is 18.7. The SMILES string of the molecule is COC(=O)c1c(OC)oc(-c2ccccc2O)c1-c1ccc(C#N)cc1. The quantitative estimate of drug-likeness (QED) is 0.716. The molecule has 0 saturated heterocycles. The van der Waals surface area contributed by atoms with Gasteiger partial charge in [0.1, 0.15) is 5.75 Å². The molecule has 3 rings (SSSR count). The number of carbonyl (C=O) groups excluding carboxylic acids is 1. The molecule has 6 heteroatoms. The molecule has 0 amide bonds. The first-order valence-electron chi connectivity index (χ1n) is 7.68. The molecule has 0 atom stereocenters. The number of methoxy groups -OCH3 is 2. The van der Waals surface area contributed by atoms with E-state index >= 15 is 0 Å². The van der Waals surface area contributed by atoms with Gasteiger partial charge in [0.25, 0.3) is 5.95 Å². The van der Waals surface area contributed by atoms with Crippen LogP contribution in [0.25, 0.3) is 22.5 Å². The van der Waals surface area contributed by atoms with E-state index in [1.165, 1.54) is 20.3 Å². The molecule has 2 aromatic carbocycles. The van der Waals surface area contributed by atoms with Crippen molar-refractivity contribution in [3.63, 3.8) is 0 Å². The van der Waals surface area contributed by atoms with E-state index in [9.17, 15) is 9.90 Å². The van der Waals surface area contributed by atoms with Gasteiger partial charge in [-0.1, -0.05) is 24.3 Å². The average Bonchev–Trinajstić information content (AvgIpc) is 3.07. The number of aromatic hydroxyl groups is 1. The fourth-order valence-corrected chi connectivity index (χ4v) is 2.68. The third-order valence-electron chi connectivity index (χ3n) is 3.90. The molecule has 130 valence electrons. The average molecular weight is 349 g/mol. The Morgan fingerprint density at radius 1 is 1.12 bits per heavy atom. The van der Waals surface area contributed by atoms with Crippen molar-refractivity contribution in [2.75, 3.05) is 14.2 Å². The first kappa shape index (κ1) is 17.1. The molecule has 6 nitrogen and oxygen atoms in total. The van der Waals surface area contributed by atoms with E-state index in [0.717, 1.165) is 0 Å². The summed E-state index contributed by atoms with van der Waals surface area (Å²) < 4.78 is 15.8. The molecule has 0 aliphatic carbocycles. The maximum atomic E-state index is 12.4. The van der Waals surface area contributed by atoms with Gasteiger partial charge in [0.2, 0.25) is 0 Å². The molecule has 0 unspecified atom stereocenters. The van der Waals surface area contributed by atoms with Crippen molar-refractivity contribution in [3.8, 4) is 40.2 Å². The number of esters is 1. The number of hydrogen-bond donors (Lipinski definition) is 1. The van der Waals surface area contributed by atoms with Gasteiger partial charge < -0.3 is 19.0 Å². The molecule has 0 spiro atoms. The lowest BCUT2D eigenvalue weighted by Crippen LogP contribution is -2.03. The van der Waals surface area contributed by atoms with Gasteiger partial charge in [0.15, 0.2) is 11.3 Å². The van der Waals surface area contributed by atoms with Crippen LogP contribution < -0.4 is 4.74 Å². The lowest BCUT2D eigenvalue weighted by molar-refractivity contribution is 0.0595. The second kappa shape index (κ2) is 7.03. The molecule has 3 aromatic rings. The van der Waals surface area contributed by atoms with Crippen molar-refractivity contribution in [3.05, 3.63) is 59.7 Å². The van der Waals surface area contributed by atoms with Gasteiger partial charge in [0.05, 0.1) is 31.4 Å². The fourth-order valence-electron chi connectivity index (χ4n) is 2.68. The summed E-state index contributed by atoms with van der Waals surface area (Å²) in [4.78, 5) is 12.4. The minimum Gasteiger partial charge on any atom is -0.507 e. The summed E-state index contributed by atoms with van der Waals surface area (Å²) in [5, 5.41) is 19.2. The van der Waals surface area contributed by atoms with Crippen LogP contribution in [-0.4, -0.2) is 25.3 Å². The fraction of sp³-hybridized carbons (Fsp3) is 0.100. The molecular weight excluding hydrogens is 334 g/mol. The zero-order valence-corrected chi connectivity index (χ0v) is 14.1. The van der Waals surface area contributed by atoms with Crippen LogP contribution in [0.5, 0.6) is 11.7 Å². The van der Waals surface area contributed by atoms with Crippen molar-refractivity contribution in [1.29, 1.82) is 5.26 Å². The zero-order valence-electron chi connectivity index (χ0n) is 14.1. The number of phenols is 1. The van der Waals surface area contributed by atoms with Crippen LogP contribution in [0.4, 0.5) is 0 Å². The number of furan rings is 1. The van der Waals surface area contributed by atoms with E-state index in [1.54, 1.807) is 42.5 Å². The highest BCUT2D eigenvalue weighted by molar-refractivity contribution is 6.04. The number of carbonyl (C=O) groups is 1. The van der Waals surface area contributed by atoms with Crippen LogP contribution in [0, 0.1) is 11.3 Å². The van der Waals surface area contributed by atoms with Crippen LogP contribution in [0.1, 0.15) is 15.9 Å². The van der Waals surface area contributed by atoms with Gasteiger partial charge in [-0.15, -0.1) is 0 Å². The second-order valence-electron chi connectivity index (χ2n) is 5.37. The van der Waals surface area contributed by atoms with Crippen LogP contribution >= 0.6 is 0 Å². The Bertz CT molecular complexity index is 996. The highest BCUT2D eigenvalue weighted by Crippen LogP contribution is 2.45. The van der Waals surface area contributed by atoms with E-state index in [2.05, 4.69) is 0 Å². The van der Waals surface area contributed by atoms with Crippen molar-refractivity contribution in [1.82, 2.24) is 0 Å². The molecule has 26 heavy (non-hydrogen) atoms. The minimum atomic E-state index is -0.633. The summed E-state index contributed by atoms with van der Waals surface area (Å²) >= 11 is 0. The topological polar surface area (TPSA) is 92.7 Å². The lowest BCUT2D eigenvalue weighted by atomic mass is 9.97. The van der Waals surface area contributed by atoms with Crippen LogP contribution in [0.3, 0.4) is 0 Å². The Kier molecular flexibility index (Phi) is 4.63. The normalized spacial score (nSPS) is 10.2. The Labute approximate surface area is 149 Å². The summed E-state index contributed by atoms with van der Waals surface area (Å²) in [7, 11) is 2.64. The van der Waals surface area contributed by atoms with Crippen molar-refractivity contribution < 1.29 is 23.8 Å². The van der Waals surface area contributed by atoms with E-state index in [4.69, 9.17) is 19.2 Å². The molecule has 1 aromatic heterocycles. The number of benzene rings is 2. The molecule has 0 radical (unpaired) electrons. The second-order valence-corrected chi connectivity index (χ2v) is 5.37. The Hall–Kier alpha value is -3.72. The minimum absolute atomic E-state index is 0.00443. The monoisotopic (exact) mass is 349 g/mol. The third kappa shape index (κ3) is 2.87. The van der Waals surface area contributed by atoms with Crippen molar-refractivity contribution in [2.24, 2.45) is 0 Å². The molecule has 1 heterocycles. The first-order chi connectivity index (χ1) is 12.6. The number of rotatable bonds is 4. The number of hydrogen-bond acceptors (Lipinski definition) is 6. The molecule has 0 aliphatic heterocycles. The first-order valence-corrected chi connectivity index (χ1v) is 7.68. The number of nitriles is 1. The predicted octanol–water partition coefficient (Wildman–Crippen LogP) is 3.99. The van der Waals surface area contributed by atoms with Gasteiger partial charge in [-0.3, -0.25) is 0 Å². The van der Waals surface area contributed by atoms with Gasteiger partial charge in [-0.05, 0) is 29.8 Å². The van der Waals surface area contributed by atoms with E-state index < -0.39 is 5.97 Å². The smallest absolute Gasteiger partial charge is 0.345 e. The largest absolute Gasteiger partial charge is 0.507 e. The third-order valence-corrected chi connectivity index (χ3v) is 3.90. The summed E-state index contributed by atoms with van der Waals surface area (Å²) in [5.74, 6) is -0.388. The van der Waals surface area contributed by atoms with Crippen molar-refractivity contribution in [2.45, 2.75) is 0 Å². The number of para-hydroxylation sites is 1. The lowest BCUT2D eigenvalue weighted by Gasteiger charge is -2.07. The number of ether oxygens (including phenoxy) is 2. The van der Waals surface area contributed by atoms with Gasteiger partial charge >= 0.3 is 5.97 Å². The summed E-state index contributed by atoms with van der Waals surface area (Å²) in [6.07, 6.45) is 0. The van der Waals surface area contributed by atoms with Crippen LogP contribution in [-0.2, 0) is 4.74 Å². The van der Waals surface area contributed by atoms with E-state index in [0.29, 0.717) is 22.3 Å². The number of phenolic OH excluding ortho intramolecular Hbond substituents is 1. The van der Waals surface area contributed by atoms with Gasteiger partial charge in [0, 0.05) is 5.56 Å². The summed E-state index contributed by atoms with van der Waals surface area (Å²) in [6.45, 7) is 0. The van der Waals surface area contributed by atoms with Gasteiger partial charge in [-0.2, -0.15) is 5.26 Å². The van der Waals surface area contributed by atoms with Crippen LogP contribution in [0.2, 0.25) is 0 Å². The highest BCUT2D eigenvalue weighted by atomic mass is 16.6. The van der Waals surface area contributed by atoms with Crippen LogP contribution in [0.15, 0.2) is 52.9 Å². The van der Waals surface area contributed by atoms with Crippen molar-refractivity contribution >= 4 is 5.97 Å². The maximum absolute atomic E-state index is 12.4. The maximum Gasteiger partial charge on any atom is 0.345 e. The van der Waals surface area contributed by atoms with Gasteiger partial charge in [-0.25, -0.2) is 4.79 Å². The van der Waals surface area contributed by atoms with E-state index in [1.807, 2.05) is 6.07 Å². The predicted molar refractivity (Wildman–Crippen MR) is 93.9 cm³/mol. The molecular formula is C20H15NO5. The molecule has 0 saturated carbocycles. The summed E-state index contributed by atoms with van der Waals surface area (Å²) in [5.41, 5.74) is 2.03.